The van der Waals surface area contributed by atoms with Gasteiger partial charge in [0.05, 0.1) is 6.20 Å². The molecule has 0 amide bonds. The van der Waals surface area contributed by atoms with Crippen LogP contribution in [0.4, 0.5) is 0 Å². The number of nitrogens with zero attached hydrogens (tertiary/aromatic N) is 1. The molecule has 1 aliphatic rings. The van der Waals surface area contributed by atoms with E-state index >= 15 is 0 Å². The van der Waals surface area contributed by atoms with Crippen LogP contribution in [0.25, 0.3) is 0 Å². The molecule has 2 heteroatoms. The van der Waals surface area contributed by atoms with E-state index < -0.39 is 0 Å². The molecule has 2 nitrogen and oxygen atoms in total. The zero-order valence-electron chi connectivity index (χ0n) is 7.44. The van der Waals surface area contributed by atoms with Crippen LogP contribution < -0.4 is 0 Å². The summed E-state index contributed by atoms with van der Waals surface area (Å²) in [5.74, 6) is 0.829. The molecule has 1 radical (unpaired) electrons. The van der Waals surface area contributed by atoms with Gasteiger partial charge in [-0.05, 0) is 19.3 Å². The van der Waals surface area contributed by atoms with E-state index in [4.69, 9.17) is 4.42 Å². The van der Waals surface area contributed by atoms with Crippen LogP contribution in [0.5, 0.6) is 0 Å². The van der Waals surface area contributed by atoms with Crippen molar-refractivity contribution in [2.45, 2.75) is 19.3 Å². The van der Waals surface area contributed by atoms with Gasteiger partial charge in [-0.3, -0.25) is 0 Å². The van der Waals surface area contributed by atoms with Crippen molar-refractivity contribution in [2.24, 2.45) is 0 Å². The van der Waals surface area contributed by atoms with E-state index in [1.165, 1.54) is 5.57 Å². The van der Waals surface area contributed by atoms with E-state index in [0.717, 1.165) is 25.2 Å². The van der Waals surface area contributed by atoms with E-state index in [1.54, 1.807) is 12.5 Å². The molecule has 0 fully saturated rings. The van der Waals surface area contributed by atoms with Gasteiger partial charge in [0.2, 0.25) is 0 Å². The van der Waals surface area contributed by atoms with Gasteiger partial charge < -0.3 is 4.42 Å². The van der Waals surface area contributed by atoms with Crippen LogP contribution in [-0.2, 0) is 6.42 Å². The Labute approximate surface area is 78.0 Å². The smallest absolute Gasteiger partial charge is 0.194 e. The number of hydrogen-bond donors (Lipinski definition) is 0. The van der Waals surface area contributed by atoms with Crippen LogP contribution in [0.1, 0.15) is 18.7 Å². The average Bonchev–Trinajstić information content (AvgIpc) is 2.69. The largest absolute Gasteiger partial charge is 0.449 e. The second-order valence-electron chi connectivity index (χ2n) is 3.08. The van der Waals surface area contributed by atoms with Gasteiger partial charge in [-0.15, -0.1) is 0 Å². The van der Waals surface area contributed by atoms with Crippen molar-refractivity contribution in [3.05, 3.63) is 48.6 Å². The third-order valence-corrected chi connectivity index (χ3v) is 2.10. The summed E-state index contributed by atoms with van der Waals surface area (Å²) in [7, 11) is 0. The number of rotatable bonds is 3. The van der Waals surface area contributed by atoms with Crippen LogP contribution >= 0.6 is 0 Å². The molecule has 1 aromatic rings. The predicted molar refractivity (Wildman–Crippen MR) is 51.0 cm³/mol. The van der Waals surface area contributed by atoms with Crippen molar-refractivity contribution in [3.63, 3.8) is 0 Å². The lowest BCUT2D eigenvalue weighted by Gasteiger charge is -2.06. The van der Waals surface area contributed by atoms with Crippen molar-refractivity contribution in [3.8, 4) is 0 Å². The molecular weight excluding hydrogens is 162 g/mol. The fourth-order valence-electron chi connectivity index (χ4n) is 1.39. The van der Waals surface area contributed by atoms with Crippen molar-refractivity contribution in [1.82, 2.24) is 4.98 Å². The van der Waals surface area contributed by atoms with E-state index in [9.17, 15) is 0 Å². The molecule has 0 aromatic carbocycles. The Morgan fingerprint density at radius 1 is 1.31 bits per heavy atom. The molecule has 0 atom stereocenters. The van der Waals surface area contributed by atoms with Gasteiger partial charge in [0.15, 0.2) is 5.89 Å². The summed E-state index contributed by atoms with van der Waals surface area (Å²) in [4.78, 5) is 4.08. The van der Waals surface area contributed by atoms with Crippen molar-refractivity contribution in [1.29, 1.82) is 0 Å². The maximum Gasteiger partial charge on any atom is 0.194 e. The summed E-state index contributed by atoms with van der Waals surface area (Å²) < 4.78 is 5.16. The first-order chi connectivity index (χ1) is 6.45. The van der Waals surface area contributed by atoms with Gasteiger partial charge in [0.1, 0.15) is 6.26 Å². The Balaban J connectivity index is 1.85. The molecule has 67 valence electrons. The van der Waals surface area contributed by atoms with Gasteiger partial charge in [-0.2, -0.15) is 0 Å². The summed E-state index contributed by atoms with van der Waals surface area (Å²) in [5, 5.41) is 0. The fraction of sp³-hybridized carbons (Fsp3) is 0.273. The number of oxazole rings is 1. The fourth-order valence-corrected chi connectivity index (χ4v) is 1.39. The van der Waals surface area contributed by atoms with Crippen LogP contribution in [0, 0.1) is 6.42 Å². The topological polar surface area (TPSA) is 26.0 Å². The van der Waals surface area contributed by atoms with E-state index in [0.29, 0.717) is 0 Å². The first-order valence-corrected chi connectivity index (χ1v) is 4.51. The number of aromatic nitrogens is 1. The van der Waals surface area contributed by atoms with Crippen molar-refractivity contribution >= 4 is 0 Å². The molecule has 0 saturated heterocycles. The highest BCUT2D eigenvalue weighted by Crippen LogP contribution is 2.16. The Bertz CT molecular complexity index is 309. The standard InChI is InChI=1S/C11H12NO/c1-2-4-10(5-3-1)6-7-11-12-8-9-13-11/h1-4,8-9H,5-7H2. The van der Waals surface area contributed by atoms with Crippen LogP contribution in [-0.4, -0.2) is 4.98 Å². The third kappa shape index (κ3) is 2.31. The normalized spacial score (nSPS) is 15.8. The van der Waals surface area contributed by atoms with Gasteiger partial charge in [0, 0.05) is 6.42 Å². The first-order valence-electron chi connectivity index (χ1n) is 4.51. The molecule has 2 rings (SSSR count). The Morgan fingerprint density at radius 3 is 3.00 bits per heavy atom. The minimum absolute atomic E-state index is 0.829. The number of allylic oxidation sites excluding steroid dienone is 4. The Morgan fingerprint density at radius 2 is 2.31 bits per heavy atom. The monoisotopic (exact) mass is 174 g/mol. The Hall–Kier alpha value is -1.31. The molecule has 1 heterocycles. The van der Waals surface area contributed by atoms with E-state index in [-0.39, 0.29) is 0 Å². The molecule has 0 N–H and O–H groups in total. The van der Waals surface area contributed by atoms with Crippen LogP contribution in [0.3, 0.4) is 0 Å². The minimum atomic E-state index is 0.829. The van der Waals surface area contributed by atoms with Gasteiger partial charge in [-0.1, -0.05) is 23.8 Å². The Kier molecular flexibility index (Phi) is 2.60. The molecule has 0 spiro atoms. The maximum absolute atomic E-state index is 5.16. The highest BCUT2D eigenvalue weighted by atomic mass is 16.3. The average molecular weight is 174 g/mol. The highest BCUT2D eigenvalue weighted by molar-refractivity contribution is 5.23. The summed E-state index contributed by atoms with van der Waals surface area (Å²) in [6.07, 6.45) is 14.8. The zero-order chi connectivity index (χ0) is 8.93. The zero-order valence-corrected chi connectivity index (χ0v) is 7.44. The minimum Gasteiger partial charge on any atom is -0.449 e. The second-order valence-corrected chi connectivity index (χ2v) is 3.08. The van der Waals surface area contributed by atoms with Gasteiger partial charge in [-0.25, -0.2) is 4.98 Å². The predicted octanol–water partition coefficient (Wildman–Crippen LogP) is 2.70. The molecule has 1 aliphatic carbocycles. The van der Waals surface area contributed by atoms with E-state index in [2.05, 4.69) is 29.6 Å². The molecule has 0 saturated carbocycles. The second kappa shape index (κ2) is 4.08. The quantitative estimate of drug-likeness (QED) is 0.704. The number of aryl methyl sites for hydroxylation is 1. The van der Waals surface area contributed by atoms with Crippen molar-refractivity contribution in [2.75, 3.05) is 0 Å². The summed E-state index contributed by atoms with van der Waals surface area (Å²) >= 11 is 0. The van der Waals surface area contributed by atoms with Crippen LogP contribution in [0.2, 0.25) is 0 Å². The lowest BCUT2D eigenvalue weighted by Crippen LogP contribution is -1.92. The summed E-state index contributed by atoms with van der Waals surface area (Å²) in [6, 6.07) is 0. The van der Waals surface area contributed by atoms with Crippen LogP contribution in [0.15, 0.2) is 40.7 Å². The molecular formula is C11H12NO. The molecule has 0 aliphatic heterocycles. The summed E-state index contributed by atoms with van der Waals surface area (Å²) in [5.41, 5.74) is 1.45. The lowest BCUT2D eigenvalue weighted by atomic mass is 10.0. The molecule has 0 bridgehead atoms. The molecule has 0 unspecified atom stereocenters. The number of hydrogen-bond acceptors (Lipinski definition) is 2. The van der Waals surface area contributed by atoms with Gasteiger partial charge in [0.25, 0.3) is 0 Å². The van der Waals surface area contributed by atoms with E-state index in [1.807, 2.05) is 0 Å². The maximum atomic E-state index is 5.16. The third-order valence-electron chi connectivity index (χ3n) is 2.10. The van der Waals surface area contributed by atoms with Crippen molar-refractivity contribution < 1.29 is 4.42 Å². The highest BCUT2D eigenvalue weighted by Gasteiger charge is 2.02. The molecule has 13 heavy (non-hydrogen) atoms. The molecule has 1 aromatic heterocycles. The SMILES string of the molecule is [CH]1C=CC=C(CCc2ncco2)C1. The first kappa shape index (κ1) is 8.30. The lowest BCUT2D eigenvalue weighted by molar-refractivity contribution is 0.492. The van der Waals surface area contributed by atoms with Gasteiger partial charge >= 0.3 is 0 Å². The summed E-state index contributed by atoms with van der Waals surface area (Å²) in [6.45, 7) is 0.